The van der Waals surface area contributed by atoms with Gasteiger partial charge < -0.3 is 65.1 Å². The van der Waals surface area contributed by atoms with Gasteiger partial charge in [-0.05, 0) is 18.9 Å². The fourth-order valence-corrected chi connectivity index (χ4v) is 8.06. The van der Waals surface area contributed by atoms with E-state index in [4.69, 9.17) is 34.9 Å². The van der Waals surface area contributed by atoms with Gasteiger partial charge in [-0.3, -0.25) is 23.0 Å². The van der Waals surface area contributed by atoms with Crippen LogP contribution in [-0.2, 0) is 46.7 Å². The second-order valence-corrected chi connectivity index (χ2v) is 16.0. The predicted octanol–water partition coefficient (Wildman–Crippen LogP) is -1.77. The van der Waals surface area contributed by atoms with Gasteiger partial charge in [0.05, 0.1) is 26.1 Å². The molecule has 27 heteroatoms. The zero-order valence-corrected chi connectivity index (χ0v) is 32.0. The molecule has 0 saturated carbocycles. The lowest BCUT2D eigenvalue weighted by Crippen LogP contribution is -2.48. The van der Waals surface area contributed by atoms with Crippen LogP contribution in [0.1, 0.15) is 38.6 Å². The minimum atomic E-state index is -5.25. The first-order valence-corrected chi connectivity index (χ1v) is 20.4. The number of allylic oxidation sites excluding steroid dienone is 1. The lowest BCUT2D eigenvalue weighted by Gasteiger charge is -2.27. The number of aliphatic hydroxyl groups excluding tert-OH is 2. The Morgan fingerprint density at radius 2 is 1.75 bits per heavy atom. The first kappa shape index (κ1) is 43.9. The number of aromatic nitrogens is 6. The summed E-state index contributed by atoms with van der Waals surface area (Å²) in [6.07, 6.45) is -6.32. The Balaban J connectivity index is 1.43. The summed E-state index contributed by atoms with van der Waals surface area (Å²) < 4.78 is 60.3. The van der Waals surface area contributed by atoms with Crippen LogP contribution in [0.3, 0.4) is 0 Å². The topological polar surface area (TPSA) is 367 Å². The fraction of sp³-hybridized carbons (Fsp3) is 0.567. The normalized spacial score (nSPS) is 26.6. The molecule has 5 rings (SSSR count). The summed E-state index contributed by atoms with van der Waals surface area (Å²) in [5.74, 6) is -1.82. The predicted molar refractivity (Wildman–Crippen MR) is 192 cm³/mol. The van der Waals surface area contributed by atoms with Crippen LogP contribution in [-0.4, -0.2) is 134 Å². The number of ether oxygens (including phenoxy) is 4. The van der Waals surface area contributed by atoms with E-state index in [0.717, 1.165) is 17.1 Å². The molecular weight excluding hydrogens is 804 g/mol. The highest BCUT2D eigenvalue weighted by atomic mass is 31.2. The second-order valence-electron chi connectivity index (χ2n) is 12.8. The van der Waals surface area contributed by atoms with E-state index in [0.29, 0.717) is 12.8 Å². The molecule has 3 aromatic heterocycles. The molecule has 3 aromatic rings. The van der Waals surface area contributed by atoms with Crippen LogP contribution in [0, 0.1) is 0 Å². The minimum Gasteiger partial charge on any atom is -0.455 e. The number of carbonyl (C=O) groups excluding carboxylic acids is 2. The Morgan fingerprint density at radius 3 is 2.44 bits per heavy atom. The van der Waals surface area contributed by atoms with Crippen LogP contribution in [0.15, 0.2) is 42.4 Å². The molecule has 1 unspecified atom stereocenters. The number of nitrogen functional groups attached to an aromatic ring is 2. The zero-order valence-electron chi connectivity index (χ0n) is 30.2. The smallest absolute Gasteiger partial charge is 0.455 e. The van der Waals surface area contributed by atoms with Crippen LogP contribution in [0.5, 0.6) is 0 Å². The summed E-state index contributed by atoms with van der Waals surface area (Å²) in [5.41, 5.74) is 8.60. The van der Waals surface area contributed by atoms with Crippen molar-refractivity contribution in [3.8, 4) is 0 Å². The van der Waals surface area contributed by atoms with Gasteiger partial charge in [-0.25, -0.2) is 29.1 Å². The Bertz CT molecular complexity index is 2070. The molecule has 0 aromatic carbocycles. The van der Waals surface area contributed by atoms with Crippen molar-refractivity contribution in [2.45, 2.75) is 80.9 Å². The van der Waals surface area contributed by atoms with Gasteiger partial charge in [0.25, 0.3) is 0 Å². The molecular formula is C30H43N9O16P2. The van der Waals surface area contributed by atoms with E-state index in [1.807, 2.05) is 6.92 Å². The average Bonchev–Trinajstić information content (AvgIpc) is 3.82. The number of nitrogens with one attached hydrogen (secondary N) is 1. The van der Waals surface area contributed by atoms with Gasteiger partial charge in [0.2, 0.25) is 5.91 Å². The first-order chi connectivity index (χ1) is 26.9. The fourth-order valence-electron chi connectivity index (χ4n) is 6.07. The highest BCUT2D eigenvalue weighted by molar-refractivity contribution is 7.53. The lowest BCUT2D eigenvalue weighted by molar-refractivity contribution is -0.161. The van der Waals surface area contributed by atoms with Crippen LogP contribution in [0.25, 0.3) is 11.2 Å². The van der Waals surface area contributed by atoms with Crippen LogP contribution >= 0.6 is 15.4 Å². The number of aliphatic hydroxyl groups is 2. The molecule has 25 nitrogen and oxygen atoms in total. The third-order valence-corrected chi connectivity index (χ3v) is 11.1. The zero-order chi connectivity index (χ0) is 41.7. The van der Waals surface area contributed by atoms with E-state index >= 15 is 0 Å². The van der Waals surface area contributed by atoms with Crippen molar-refractivity contribution in [2.75, 3.05) is 37.9 Å². The summed E-state index contributed by atoms with van der Waals surface area (Å²) in [6.45, 7) is 3.29. The van der Waals surface area contributed by atoms with Gasteiger partial charge in [-0.15, -0.1) is 6.58 Å². The van der Waals surface area contributed by atoms with Gasteiger partial charge in [0.1, 0.15) is 47.7 Å². The molecule has 0 aliphatic carbocycles. The first-order valence-electron chi connectivity index (χ1n) is 17.3. The van der Waals surface area contributed by atoms with Crippen molar-refractivity contribution < 1.29 is 71.6 Å². The Labute approximate surface area is 322 Å². The van der Waals surface area contributed by atoms with Crippen molar-refractivity contribution in [3.63, 3.8) is 0 Å². The molecule has 314 valence electrons. The van der Waals surface area contributed by atoms with Crippen molar-refractivity contribution in [1.82, 2.24) is 34.4 Å². The van der Waals surface area contributed by atoms with Gasteiger partial charge in [-0.1, -0.05) is 13.0 Å². The monoisotopic (exact) mass is 847 g/mol. The highest BCUT2D eigenvalue weighted by Crippen LogP contribution is 2.56. The Hall–Kier alpha value is -4.23. The molecule has 10 N–H and O–H groups in total. The third kappa shape index (κ3) is 10.5. The van der Waals surface area contributed by atoms with Crippen molar-refractivity contribution in [3.05, 3.63) is 48.1 Å². The van der Waals surface area contributed by atoms with Crippen molar-refractivity contribution >= 4 is 50.1 Å². The summed E-state index contributed by atoms with van der Waals surface area (Å²) in [5, 5.41) is 25.4. The molecule has 2 fully saturated rings. The molecule has 2 aliphatic rings. The maximum absolute atomic E-state index is 14.0. The number of hydrogen-bond donors (Lipinski definition) is 8. The summed E-state index contributed by atoms with van der Waals surface area (Å²) in [6, 6.07) is -0.213. The number of phosphoric acid groups is 1. The number of nitrogens with zero attached hydrogens (tertiary/aromatic N) is 6. The Kier molecular flexibility index (Phi) is 14.3. The number of anilines is 2. The summed E-state index contributed by atoms with van der Waals surface area (Å²) >= 11 is 0. The number of amides is 1. The van der Waals surface area contributed by atoms with E-state index in [2.05, 4.69) is 36.4 Å². The highest BCUT2D eigenvalue weighted by Gasteiger charge is 2.56. The molecule has 1 amide bonds. The second kappa shape index (κ2) is 18.6. The van der Waals surface area contributed by atoms with Crippen LogP contribution in [0.4, 0.5) is 11.6 Å². The van der Waals surface area contributed by atoms with Crippen LogP contribution in [0.2, 0.25) is 0 Å². The number of nitrogens with two attached hydrogens (primary N) is 2. The number of esters is 1. The summed E-state index contributed by atoms with van der Waals surface area (Å²) in [7, 11) is -10.5. The van der Waals surface area contributed by atoms with E-state index < -0.39 is 101 Å². The molecule has 0 spiro atoms. The number of hydrogen-bond acceptors (Lipinski definition) is 19. The van der Waals surface area contributed by atoms with E-state index in [1.165, 1.54) is 23.0 Å². The van der Waals surface area contributed by atoms with E-state index in [1.54, 1.807) is 0 Å². The molecule has 2 saturated heterocycles. The van der Waals surface area contributed by atoms with E-state index in [-0.39, 0.29) is 42.4 Å². The van der Waals surface area contributed by atoms with Gasteiger partial charge in [0.15, 0.2) is 36.1 Å². The lowest BCUT2D eigenvalue weighted by atomic mass is 10.1. The maximum atomic E-state index is 14.0. The number of imidazole rings is 1. The number of rotatable bonds is 19. The van der Waals surface area contributed by atoms with Gasteiger partial charge in [0, 0.05) is 19.2 Å². The Morgan fingerprint density at radius 1 is 1.05 bits per heavy atom. The molecule has 2 aliphatic heterocycles. The van der Waals surface area contributed by atoms with Crippen molar-refractivity contribution in [2.24, 2.45) is 0 Å². The molecule has 0 radical (unpaired) electrons. The molecule has 57 heavy (non-hydrogen) atoms. The molecule has 10 atom stereocenters. The number of carbonyl (C=O) groups is 2. The van der Waals surface area contributed by atoms with Crippen LogP contribution < -0.4 is 22.5 Å². The largest absolute Gasteiger partial charge is 0.469 e. The number of phosphoric ester groups is 1. The van der Waals surface area contributed by atoms with Crippen molar-refractivity contribution in [1.29, 1.82) is 0 Å². The SMILES string of the molecule is C=CCCC(=O)N[C@@H](COCCC)C(=O)O[C@H]1[C@@H](O)[C@H](n2cnc3c(N)ncnc32)O[C@@H]1COP(=O)(O)[C@H]1[C@@H](O)[C@H](n2ccc(N)nc2=O)O[C@@H]1COP(=O)(O)O. The van der Waals surface area contributed by atoms with Gasteiger partial charge in [-0.2, -0.15) is 4.98 Å². The standard InChI is InChI=1S/C30H43N9O16P2/c1-3-5-6-19(40)36-15(10-50-9-4-2)29(43)55-23-16(53-27(21(23)41)39-14-35-20-25(32)33-13-34-26(20)39)11-51-56(45,46)24-17(12-52-57(47,48)49)54-28(22(24)42)38-8-7-18(31)37-30(38)44/h3,7-8,13-17,21-24,27-28,41-42H,1,4-6,9-12H2,2H3,(H,36,40)(H,45,46)(H2,31,37,44)(H2,32,33,34)(H2,47,48,49)/t15-,16+,17+,21+,22+,23+,24+,27+,28+/m0/s1. The maximum Gasteiger partial charge on any atom is 0.469 e. The van der Waals surface area contributed by atoms with Gasteiger partial charge >= 0.3 is 27.1 Å². The quantitative estimate of drug-likeness (QED) is 0.0286. The minimum absolute atomic E-state index is 0.0117. The summed E-state index contributed by atoms with van der Waals surface area (Å²) in [4.78, 5) is 84.5. The van der Waals surface area contributed by atoms with E-state index in [9.17, 15) is 48.4 Å². The molecule has 0 bridgehead atoms. The third-order valence-electron chi connectivity index (χ3n) is 8.72. The average molecular weight is 848 g/mol. The molecule has 5 heterocycles. The number of fused-ring (bicyclic) bond motifs is 1.